The normalized spacial score (nSPS) is 15.9. The third-order valence-electron chi connectivity index (χ3n) is 6.03. The summed E-state index contributed by atoms with van der Waals surface area (Å²) in [6.45, 7) is 0.537. The highest BCUT2D eigenvalue weighted by atomic mass is 32.2. The average Bonchev–Trinajstić information content (AvgIpc) is 2.88. The summed E-state index contributed by atoms with van der Waals surface area (Å²) in [7, 11) is -1.05. The van der Waals surface area contributed by atoms with Crippen LogP contribution in [0.4, 0.5) is 0 Å². The number of methoxy groups -OCH3 is 2. The molecule has 1 heterocycles. The van der Waals surface area contributed by atoms with Gasteiger partial charge >= 0.3 is 0 Å². The van der Waals surface area contributed by atoms with Gasteiger partial charge in [-0.1, -0.05) is 54.6 Å². The van der Waals surface area contributed by atoms with Gasteiger partial charge < -0.3 is 14.8 Å². The van der Waals surface area contributed by atoms with Crippen LogP contribution in [-0.4, -0.2) is 45.4 Å². The first-order valence-corrected chi connectivity index (χ1v) is 12.5. The van der Waals surface area contributed by atoms with Crippen LogP contribution in [0.3, 0.4) is 0 Å². The van der Waals surface area contributed by atoms with Gasteiger partial charge in [0.05, 0.1) is 19.1 Å². The van der Waals surface area contributed by atoms with Crippen LogP contribution in [0.5, 0.6) is 11.5 Å². The highest BCUT2D eigenvalue weighted by Gasteiger charge is 2.39. The minimum absolute atomic E-state index is 0.0478. The van der Waals surface area contributed by atoms with Gasteiger partial charge in [-0.2, -0.15) is 4.31 Å². The Hall–Kier alpha value is -3.36. The smallest absolute Gasteiger partial charge is 0.244 e. The summed E-state index contributed by atoms with van der Waals surface area (Å²) >= 11 is 0. The lowest BCUT2D eigenvalue weighted by atomic mass is 9.95. The molecule has 8 heteroatoms. The number of benzene rings is 3. The van der Waals surface area contributed by atoms with Crippen LogP contribution >= 0.6 is 0 Å². The summed E-state index contributed by atoms with van der Waals surface area (Å²) in [6, 6.07) is 21.1. The van der Waals surface area contributed by atoms with Gasteiger partial charge in [0.1, 0.15) is 6.04 Å². The third kappa shape index (κ3) is 4.93. The molecule has 1 aliphatic heterocycles. The van der Waals surface area contributed by atoms with Gasteiger partial charge in [0.25, 0.3) is 0 Å². The van der Waals surface area contributed by atoms with E-state index in [0.29, 0.717) is 30.9 Å². The zero-order valence-electron chi connectivity index (χ0n) is 19.2. The topological polar surface area (TPSA) is 84.9 Å². The minimum Gasteiger partial charge on any atom is -0.493 e. The van der Waals surface area contributed by atoms with E-state index in [1.807, 2.05) is 54.6 Å². The number of amides is 1. The number of hydrogen-bond donors (Lipinski definition) is 1. The molecule has 1 aliphatic rings. The maximum atomic E-state index is 13.7. The van der Waals surface area contributed by atoms with Crippen molar-refractivity contribution in [3.8, 4) is 11.5 Å². The predicted molar refractivity (Wildman–Crippen MR) is 129 cm³/mol. The number of fused-ring (bicyclic) bond motifs is 1. The predicted octanol–water partition coefficient (Wildman–Crippen LogP) is 3.18. The molecule has 1 N–H and O–H groups in total. The van der Waals surface area contributed by atoms with E-state index >= 15 is 0 Å². The summed E-state index contributed by atoms with van der Waals surface area (Å²) < 4.78 is 39.3. The van der Waals surface area contributed by atoms with Crippen molar-refractivity contribution >= 4 is 15.9 Å². The van der Waals surface area contributed by atoms with Gasteiger partial charge in [0, 0.05) is 19.2 Å². The van der Waals surface area contributed by atoms with E-state index in [9.17, 15) is 13.2 Å². The zero-order valence-corrected chi connectivity index (χ0v) is 20.0. The van der Waals surface area contributed by atoms with Crippen molar-refractivity contribution in [1.82, 2.24) is 9.62 Å². The monoisotopic (exact) mass is 480 g/mol. The Kier molecular flexibility index (Phi) is 7.19. The maximum Gasteiger partial charge on any atom is 0.244 e. The van der Waals surface area contributed by atoms with Gasteiger partial charge in [-0.25, -0.2) is 8.42 Å². The number of sulfonamides is 1. The largest absolute Gasteiger partial charge is 0.493 e. The van der Waals surface area contributed by atoms with Crippen LogP contribution < -0.4 is 14.8 Å². The molecule has 34 heavy (non-hydrogen) atoms. The molecule has 0 radical (unpaired) electrons. The Labute approximate surface area is 200 Å². The molecule has 0 fully saturated rings. The maximum absolute atomic E-state index is 13.7. The second-order valence-corrected chi connectivity index (χ2v) is 9.97. The number of hydrogen-bond acceptors (Lipinski definition) is 5. The van der Waals surface area contributed by atoms with Crippen molar-refractivity contribution in [2.45, 2.75) is 30.3 Å². The molecule has 0 saturated carbocycles. The lowest BCUT2D eigenvalue weighted by Crippen LogP contribution is -2.52. The molecular formula is C26H28N2O5S. The molecule has 1 atom stereocenters. The first kappa shape index (κ1) is 23.8. The molecule has 0 aromatic heterocycles. The highest BCUT2D eigenvalue weighted by molar-refractivity contribution is 7.89. The molecule has 0 bridgehead atoms. The number of nitrogens with one attached hydrogen (secondary N) is 1. The lowest BCUT2D eigenvalue weighted by Gasteiger charge is -2.35. The van der Waals surface area contributed by atoms with Crippen LogP contribution in [0, 0.1) is 0 Å². The average molecular weight is 481 g/mol. The van der Waals surface area contributed by atoms with E-state index in [-0.39, 0.29) is 17.3 Å². The molecule has 0 unspecified atom stereocenters. The lowest BCUT2D eigenvalue weighted by molar-refractivity contribution is -0.125. The fraction of sp³-hybridized carbons (Fsp3) is 0.269. The van der Waals surface area contributed by atoms with Crippen LogP contribution in [0.1, 0.15) is 16.7 Å². The van der Waals surface area contributed by atoms with E-state index < -0.39 is 16.1 Å². The number of rotatable bonds is 8. The molecule has 0 spiro atoms. The third-order valence-corrected chi connectivity index (χ3v) is 7.88. The first-order chi connectivity index (χ1) is 16.4. The van der Waals surface area contributed by atoms with E-state index in [1.54, 1.807) is 6.07 Å². The first-order valence-electron chi connectivity index (χ1n) is 11.1. The SMILES string of the molecule is COc1ccc(S(=O)(=O)N2Cc3ccccc3C[C@@H]2C(=O)NCCc2ccccc2)cc1OC. The summed E-state index contributed by atoms with van der Waals surface area (Å²) in [5.74, 6) is 0.431. The molecule has 4 rings (SSSR count). The Bertz CT molecular complexity index is 1260. The number of nitrogens with zero attached hydrogens (tertiary/aromatic N) is 1. The van der Waals surface area contributed by atoms with Crippen LogP contribution in [0.2, 0.25) is 0 Å². The Morgan fingerprint density at radius 2 is 1.62 bits per heavy atom. The van der Waals surface area contributed by atoms with E-state index in [0.717, 1.165) is 16.7 Å². The number of carbonyl (C=O) groups is 1. The molecule has 7 nitrogen and oxygen atoms in total. The van der Waals surface area contributed by atoms with Gasteiger partial charge in [-0.3, -0.25) is 4.79 Å². The van der Waals surface area contributed by atoms with Gasteiger partial charge in [0.15, 0.2) is 11.5 Å². The molecule has 178 valence electrons. The van der Waals surface area contributed by atoms with Crippen LogP contribution in [0.25, 0.3) is 0 Å². The van der Waals surface area contributed by atoms with Crippen LogP contribution in [0.15, 0.2) is 77.7 Å². The summed E-state index contributed by atoms with van der Waals surface area (Å²) in [4.78, 5) is 13.3. The van der Waals surface area contributed by atoms with Crippen molar-refractivity contribution in [1.29, 1.82) is 0 Å². The Morgan fingerprint density at radius 3 is 2.32 bits per heavy atom. The fourth-order valence-electron chi connectivity index (χ4n) is 4.18. The quantitative estimate of drug-likeness (QED) is 0.535. The molecule has 0 saturated heterocycles. The van der Waals surface area contributed by atoms with Crippen molar-refractivity contribution in [3.05, 3.63) is 89.5 Å². The molecular weight excluding hydrogens is 452 g/mol. The van der Waals surface area contributed by atoms with E-state index in [4.69, 9.17) is 9.47 Å². The second-order valence-electron chi connectivity index (χ2n) is 8.08. The number of carbonyl (C=O) groups excluding carboxylic acids is 1. The molecule has 1 amide bonds. The van der Waals surface area contributed by atoms with E-state index in [1.165, 1.54) is 30.7 Å². The zero-order chi connectivity index (χ0) is 24.1. The van der Waals surface area contributed by atoms with Gasteiger partial charge in [0.2, 0.25) is 15.9 Å². The number of ether oxygens (including phenoxy) is 2. The Balaban J connectivity index is 1.61. The summed E-state index contributed by atoms with van der Waals surface area (Å²) in [5, 5.41) is 2.94. The molecule has 3 aromatic rings. The van der Waals surface area contributed by atoms with Crippen molar-refractivity contribution in [2.24, 2.45) is 0 Å². The summed E-state index contributed by atoms with van der Waals surface area (Å²) in [6.07, 6.45) is 0.970. The van der Waals surface area contributed by atoms with Gasteiger partial charge in [-0.05, 0) is 41.7 Å². The van der Waals surface area contributed by atoms with Crippen molar-refractivity contribution in [2.75, 3.05) is 20.8 Å². The van der Waals surface area contributed by atoms with Gasteiger partial charge in [-0.15, -0.1) is 0 Å². The van der Waals surface area contributed by atoms with Crippen LogP contribution in [-0.2, 0) is 34.2 Å². The Morgan fingerprint density at radius 1 is 0.941 bits per heavy atom. The highest BCUT2D eigenvalue weighted by Crippen LogP contribution is 2.34. The van der Waals surface area contributed by atoms with Crippen molar-refractivity contribution < 1.29 is 22.7 Å². The minimum atomic E-state index is -4.00. The van der Waals surface area contributed by atoms with Crippen molar-refractivity contribution in [3.63, 3.8) is 0 Å². The van der Waals surface area contributed by atoms with E-state index in [2.05, 4.69) is 5.32 Å². The standard InChI is InChI=1S/C26H28N2O5S/c1-32-24-13-12-22(17-25(24)33-2)34(30,31)28-18-21-11-7-6-10-20(21)16-23(28)26(29)27-15-14-19-8-4-3-5-9-19/h3-13,17,23H,14-16,18H2,1-2H3,(H,27,29)/t23-/m1/s1. The molecule has 0 aliphatic carbocycles. The summed E-state index contributed by atoms with van der Waals surface area (Å²) in [5.41, 5.74) is 2.97. The fourth-order valence-corrected chi connectivity index (χ4v) is 5.76. The molecule has 3 aromatic carbocycles. The second kappa shape index (κ2) is 10.3.